The molecule has 11 aromatic carbocycles. The Morgan fingerprint density at radius 1 is 0.279 bits per heavy atom. The van der Waals surface area contributed by atoms with Crippen molar-refractivity contribution in [2.24, 2.45) is 5.41 Å². The maximum absolute atomic E-state index is 13.1. The zero-order valence-electron chi connectivity index (χ0n) is 86.5. The molecule has 0 bridgehead atoms. The molecule has 5 aliphatic rings. The van der Waals surface area contributed by atoms with E-state index < -0.39 is 63.2 Å². The number of aliphatic hydroxyl groups excluding tert-OH is 1. The van der Waals surface area contributed by atoms with Crippen LogP contribution in [0.1, 0.15) is 228 Å². The largest absolute Gasteiger partial charge is 0.465 e. The summed E-state index contributed by atoms with van der Waals surface area (Å²) in [6.45, 7) is 34.3. The first kappa shape index (κ1) is 103. The van der Waals surface area contributed by atoms with Crippen LogP contribution >= 0.6 is 0 Å². The van der Waals surface area contributed by atoms with Crippen LogP contribution < -0.4 is 0 Å². The number of fused-ring (bicyclic) bond motifs is 25. The lowest BCUT2D eigenvalue weighted by molar-refractivity contribution is -0.153. The minimum absolute atomic E-state index is 0.0432. The molecular weight excluding hydrogens is 1860 g/mol. The Balaban J connectivity index is 0.000000126. The molecule has 0 saturated carbocycles. The number of hydrogen-bond donors (Lipinski definition) is 1. The third-order valence-electron chi connectivity index (χ3n) is 28.6. The van der Waals surface area contributed by atoms with Gasteiger partial charge in [-0.25, -0.2) is 0 Å². The van der Waals surface area contributed by atoms with Crippen molar-refractivity contribution in [3.05, 3.63) is 328 Å². The fourth-order valence-corrected chi connectivity index (χ4v) is 20.3. The summed E-state index contributed by atoms with van der Waals surface area (Å²) >= 11 is 0. The fraction of sp³-hybridized carbons (Fsp3) is 0.279. The molecule has 25 nitrogen and oxygen atoms in total. The van der Waals surface area contributed by atoms with Crippen LogP contribution in [-0.4, -0.2) is 181 Å². The van der Waals surface area contributed by atoms with E-state index in [1.165, 1.54) is 12.5 Å². The van der Waals surface area contributed by atoms with Crippen LogP contribution in [0.4, 0.5) is 0 Å². The Morgan fingerprint density at radius 2 is 0.517 bits per heavy atom. The Kier molecular flexibility index (Phi) is 29.1. The van der Waals surface area contributed by atoms with Crippen LogP contribution in [0.15, 0.2) is 204 Å². The average Bonchev–Trinajstić information content (AvgIpc) is 1.56. The number of benzene rings is 11. The predicted molar refractivity (Wildman–Crippen MR) is 566 cm³/mol. The average molecular weight is 1970 g/mol. The van der Waals surface area contributed by atoms with Crippen LogP contribution in [0.5, 0.6) is 0 Å². The second-order valence-corrected chi connectivity index (χ2v) is 40.0. The minimum atomic E-state index is -0.543. The van der Waals surface area contributed by atoms with Crippen LogP contribution in [-0.2, 0) is 58.3 Å². The fourth-order valence-electron chi connectivity index (χ4n) is 20.3. The maximum atomic E-state index is 13.1. The molecule has 25 heteroatoms. The number of hydrogen-bond acceptors (Lipinski definition) is 25. The molecule has 0 aliphatic heterocycles. The lowest BCUT2D eigenvalue weighted by Crippen LogP contribution is -2.28. The molecule has 5 heterocycles. The van der Waals surface area contributed by atoms with Crippen molar-refractivity contribution >= 4 is 124 Å². The molecule has 750 valence electrons. The van der Waals surface area contributed by atoms with Gasteiger partial charge >= 0.3 is 11.9 Å². The van der Waals surface area contributed by atoms with E-state index in [9.17, 15) is 57.5 Å². The van der Waals surface area contributed by atoms with E-state index >= 15 is 0 Å². The molecule has 147 heavy (non-hydrogen) atoms. The predicted octanol–water partition coefficient (Wildman–Crippen LogP) is 23.0. The molecule has 0 fully saturated rings. The second-order valence-electron chi connectivity index (χ2n) is 40.0. The molecule has 0 atom stereocenters. The molecule has 0 unspecified atom stereocenters. The SMILES string of the molecule is CC(=O)OCCN(C)Cc1oc2c(c1C)C(=O)C(=O)c1c-2ccc2c(C)cccc12.CCN(C)Cc1oc2c(c1C)C(=O)C(=O)c1c-2ccc2c(C)cccc12.Cc1c(CN(C)CCO)oc2c1C(=O)C(=O)c1c-2ccc2c(C)cccc12.Cc1c(CN(C)CCOC(=O)C(C)(C)C)oc2c1C(=O)C(=O)c1c-2ccc2c(C)cccc12.Cc1c(CN(C)Cc2ccccc2)oc2c1C(=O)C(=O)c1c-2ccc2c(C)cccc12. The smallest absolute Gasteiger partial charge is 0.311 e. The molecule has 0 saturated heterocycles. The second kappa shape index (κ2) is 41.6. The Morgan fingerprint density at radius 3 is 0.762 bits per heavy atom. The van der Waals surface area contributed by atoms with Gasteiger partial charge in [-0.15, -0.1) is 0 Å². The number of ketones is 10. The summed E-state index contributed by atoms with van der Waals surface area (Å²) in [5.74, 6) is 0.379. The van der Waals surface area contributed by atoms with E-state index in [1.54, 1.807) is 6.92 Å². The Labute approximate surface area is 851 Å². The number of likely N-dealkylation sites (N-methyl/N-ethyl adjacent to an activating group) is 3. The van der Waals surface area contributed by atoms with Crippen molar-refractivity contribution in [2.75, 3.05) is 81.2 Å². The number of carbonyl (C=O) groups excluding carboxylic acids is 12. The minimum Gasteiger partial charge on any atom is -0.465 e. The molecular formula is C122H117N5O20. The highest BCUT2D eigenvalue weighted by Crippen LogP contribution is 2.49. The van der Waals surface area contributed by atoms with Crippen molar-refractivity contribution in [1.82, 2.24) is 24.5 Å². The molecule has 1 N–H and O–H groups in total. The van der Waals surface area contributed by atoms with Gasteiger partial charge in [-0.05, 0) is 249 Å². The summed E-state index contributed by atoms with van der Waals surface area (Å²) in [5, 5.41) is 17.9. The van der Waals surface area contributed by atoms with E-state index in [1.807, 2.05) is 303 Å². The van der Waals surface area contributed by atoms with E-state index in [-0.39, 0.29) is 31.8 Å². The van der Waals surface area contributed by atoms with E-state index in [0.29, 0.717) is 193 Å². The first-order chi connectivity index (χ1) is 70.1. The van der Waals surface area contributed by atoms with Gasteiger partial charge in [-0.3, -0.25) is 82.0 Å². The molecule has 0 amide bonds. The van der Waals surface area contributed by atoms with Crippen LogP contribution in [0.2, 0.25) is 0 Å². The quantitative estimate of drug-likeness (QED) is 0.0516. The normalized spacial score (nSPS) is 13.2. The molecule has 16 aromatic rings. The van der Waals surface area contributed by atoms with Crippen molar-refractivity contribution in [1.29, 1.82) is 0 Å². The number of carbonyl (C=O) groups is 12. The van der Waals surface area contributed by atoms with E-state index in [0.717, 1.165) is 123 Å². The number of aryl methyl sites for hydroxylation is 5. The number of nitrogens with zero attached hydrogens (tertiary/aromatic N) is 5. The summed E-state index contributed by atoms with van der Waals surface area (Å²) in [5.41, 5.74) is 17.0. The van der Waals surface area contributed by atoms with Crippen molar-refractivity contribution in [2.45, 2.75) is 143 Å². The van der Waals surface area contributed by atoms with Crippen molar-refractivity contribution in [3.63, 3.8) is 0 Å². The zero-order valence-corrected chi connectivity index (χ0v) is 86.5. The van der Waals surface area contributed by atoms with Gasteiger partial charge in [0.25, 0.3) is 0 Å². The van der Waals surface area contributed by atoms with Crippen molar-refractivity contribution in [3.8, 4) is 56.6 Å². The molecule has 5 aliphatic carbocycles. The van der Waals surface area contributed by atoms with Gasteiger partial charge < -0.3 is 36.7 Å². The first-order valence-corrected chi connectivity index (χ1v) is 49.2. The van der Waals surface area contributed by atoms with Crippen LogP contribution in [0.25, 0.3) is 110 Å². The third kappa shape index (κ3) is 19.3. The highest BCUT2D eigenvalue weighted by atomic mass is 16.5. The van der Waals surface area contributed by atoms with E-state index in [2.05, 4.69) is 28.9 Å². The summed E-state index contributed by atoms with van der Waals surface area (Å²) in [4.78, 5) is 163. The highest BCUT2D eigenvalue weighted by molar-refractivity contribution is 6.58. The summed E-state index contributed by atoms with van der Waals surface area (Å²) < 4.78 is 41.1. The lowest BCUT2D eigenvalue weighted by Gasteiger charge is -2.19. The molecule has 0 spiro atoms. The lowest BCUT2D eigenvalue weighted by atomic mass is 9.83. The highest BCUT2D eigenvalue weighted by Gasteiger charge is 2.44. The van der Waals surface area contributed by atoms with Gasteiger partial charge in [-0.2, -0.15) is 0 Å². The number of rotatable bonds is 21. The summed E-state index contributed by atoms with van der Waals surface area (Å²) in [6.07, 6.45) is 0. The van der Waals surface area contributed by atoms with Gasteiger partial charge in [0.05, 0.1) is 72.6 Å². The summed E-state index contributed by atoms with van der Waals surface area (Å²) in [6, 6.07) is 58.5. The van der Waals surface area contributed by atoms with E-state index in [4.69, 9.17) is 36.7 Å². The Hall–Kier alpha value is -15.5. The van der Waals surface area contributed by atoms with Crippen LogP contribution in [0.3, 0.4) is 0 Å². The van der Waals surface area contributed by atoms with Gasteiger partial charge in [0.1, 0.15) is 70.8 Å². The maximum Gasteiger partial charge on any atom is 0.311 e. The number of aliphatic hydroxyl groups is 1. The number of ether oxygens (including phenoxy) is 2. The van der Waals surface area contributed by atoms with Gasteiger partial charge in [-0.1, -0.05) is 159 Å². The molecule has 5 aromatic heterocycles. The summed E-state index contributed by atoms with van der Waals surface area (Å²) in [7, 11) is 9.66. The molecule has 21 rings (SSSR count). The number of esters is 2. The monoisotopic (exact) mass is 1970 g/mol. The van der Waals surface area contributed by atoms with Crippen LogP contribution in [0, 0.1) is 74.7 Å². The van der Waals surface area contributed by atoms with Gasteiger partial charge in [0, 0.05) is 117 Å². The first-order valence-electron chi connectivity index (χ1n) is 49.2. The Bertz CT molecular complexity index is 8220. The zero-order chi connectivity index (χ0) is 105. The number of Topliss-reactive ketones (excluding diaryl/α,β-unsaturated/α-hetero) is 10. The standard InChI is InChI=1S/C27H29NO5.C27H23NO3.C24H23NO5.C22H21NO4.C22H21NO3/c1-15-8-7-9-18-17(15)10-11-19-22(18)24(30)23(29)21-16(2)20(33-25(19)21)14-28(6)12-13-32-26(31)27(3,4)5;1-16-8-7-11-20-19(16)12-13-21-24(20)26(30)25(29)23-17(2)22(31-27(21)23)15-28(3)14-18-9-5-4-6-10-18;1-13-6-5-7-17-16(13)8-9-18-21(17)23(28)22(27)20-14(2)19(30-24(18)20)12-25(4)10-11-29-15(3)26;1-12-5-4-6-15-14(12)7-8-16-19(15)21(26)20(25)18-13(2)17(27-22(16)18)11-23(3)9-10-24;1-5-23(4)11-17-13(3)18-20(24)21(25)19-15-8-6-7-12(2)14(15)9-10-16(19)22(18)26-17/h7-11H,12-14H2,1-6H3;4-13H,14-15H2,1-3H3;5-9H,10-12H2,1-4H3;4-8,24H,9-11H2,1-3H3;6-10H,5,11H2,1-4H3. The van der Waals surface area contributed by atoms with Gasteiger partial charge in [0.2, 0.25) is 57.8 Å². The third-order valence-corrected chi connectivity index (χ3v) is 28.6. The topological polar surface area (TPSA) is 325 Å². The van der Waals surface area contributed by atoms with Crippen molar-refractivity contribution < 1.29 is 94.2 Å². The number of furan rings is 5. The molecule has 0 radical (unpaired) electrons. The van der Waals surface area contributed by atoms with Gasteiger partial charge in [0.15, 0.2) is 0 Å².